The second-order valence-electron chi connectivity index (χ2n) is 3.89. The second kappa shape index (κ2) is 6.22. The largest absolute Gasteiger partial charge is 0.507 e. The number of benzene rings is 2. The molecule has 0 saturated carbocycles. The zero-order valence-corrected chi connectivity index (χ0v) is 13.5. The zero-order chi connectivity index (χ0) is 13.8. The van der Waals surface area contributed by atoms with E-state index < -0.39 is 0 Å². The van der Waals surface area contributed by atoms with Gasteiger partial charge in [-0.25, -0.2) is 0 Å². The summed E-state index contributed by atoms with van der Waals surface area (Å²) in [5, 5.41) is 18.7. The molecule has 0 bridgehead atoms. The third kappa shape index (κ3) is 3.58. The molecule has 0 fully saturated rings. The highest BCUT2D eigenvalue weighted by Gasteiger charge is 2.03. The molecule has 2 rings (SSSR count). The maximum absolute atomic E-state index is 9.48. The van der Waals surface area contributed by atoms with Crippen molar-refractivity contribution in [1.29, 1.82) is 5.26 Å². The monoisotopic (exact) mass is 425 g/mol. The van der Waals surface area contributed by atoms with Gasteiger partial charge in [-0.05, 0) is 64.1 Å². The highest BCUT2D eigenvalue weighted by Crippen LogP contribution is 2.24. The average molecular weight is 426 g/mol. The lowest BCUT2D eigenvalue weighted by molar-refractivity contribution is 0.471. The van der Waals surface area contributed by atoms with Gasteiger partial charge in [0.15, 0.2) is 0 Å². The standard InChI is InChI=1S/C15H9BrINO/c16-13-4-2-11(3-5-13)12(9-18)7-10-1-6-15(19)14(17)8-10/h1-8,19H/b12-7-. The van der Waals surface area contributed by atoms with Crippen LogP contribution in [0.4, 0.5) is 0 Å². The summed E-state index contributed by atoms with van der Waals surface area (Å²) in [6, 6.07) is 15.0. The molecule has 1 N–H and O–H groups in total. The van der Waals surface area contributed by atoms with Crippen LogP contribution < -0.4 is 0 Å². The van der Waals surface area contributed by atoms with E-state index in [9.17, 15) is 10.4 Å². The number of nitrogens with zero attached hydrogens (tertiary/aromatic N) is 1. The number of allylic oxidation sites excluding steroid dienone is 1. The summed E-state index contributed by atoms with van der Waals surface area (Å²) in [4.78, 5) is 0. The summed E-state index contributed by atoms with van der Waals surface area (Å²) >= 11 is 5.43. The van der Waals surface area contributed by atoms with Crippen LogP contribution in [0.2, 0.25) is 0 Å². The lowest BCUT2D eigenvalue weighted by atomic mass is 10.0. The number of phenolic OH excluding ortho intramolecular Hbond substituents is 1. The molecule has 0 amide bonds. The van der Waals surface area contributed by atoms with Crippen molar-refractivity contribution in [3.63, 3.8) is 0 Å². The molecule has 2 aromatic rings. The third-order valence-electron chi connectivity index (χ3n) is 2.56. The smallest absolute Gasteiger partial charge is 0.128 e. The fourth-order valence-corrected chi connectivity index (χ4v) is 2.39. The normalized spacial score (nSPS) is 11.1. The van der Waals surface area contributed by atoms with Crippen LogP contribution >= 0.6 is 38.5 Å². The molecule has 0 radical (unpaired) electrons. The van der Waals surface area contributed by atoms with Gasteiger partial charge >= 0.3 is 0 Å². The highest BCUT2D eigenvalue weighted by atomic mass is 127. The Morgan fingerprint density at radius 3 is 2.47 bits per heavy atom. The molecule has 0 aromatic heterocycles. The Bertz CT molecular complexity index is 672. The van der Waals surface area contributed by atoms with E-state index in [4.69, 9.17) is 0 Å². The van der Waals surface area contributed by atoms with Crippen LogP contribution in [-0.4, -0.2) is 5.11 Å². The molecule has 0 aliphatic rings. The molecule has 0 atom stereocenters. The zero-order valence-electron chi connectivity index (χ0n) is 9.77. The van der Waals surface area contributed by atoms with Gasteiger partial charge < -0.3 is 5.11 Å². The topological polar surface area (TPSA) is 44.0 Å². The van der Waals surface area contributed by atoms with E-state index in [-0.39, 0.29) is 5.75 Å². The molecule has 0 saturated heterocycles. The van der Waals surface area contributed by atoms with Crippen LogP contribution in [0.5, 0.6) is 5.75 Å². The van der Waals surface area contributed by atoms with E-state index in [1.54, 1.807) is 12.1 Å². The fraction of sp³-hybridized carbons (Fsp3) is 0. The van der Waals surface area contributed by atoms with Crippen LogP contribution in [0.15, 0.2) is 46.9 Å². The van der Waals surface area contributed by atoms with Crippen LogP contribution in [-0.2, 0) is 0 Å². The number of hydrogen-bond acceptors (Lipinski definition) is 2. The van der Waals surface area contributed by atoms with E-state index in [1.807, 2.05) is 36.4 Å². The molecule has 0 aliphatic heterocycles. The Morgan fingerprint density at radius 1 is 1.21 bits per heavy atom. The van der Waals surface area contributed by atoms with Crippen LogP contribution in [0, 0.1) is 14.9 Å². The molecule has 2 aromatic carbocycles. The van der Waals surface area contributed by atoms with E-state index in [1.165, 1.54) is 0 Å². The van der Waals surface area contributed by atoms with Gasteiger partial charge in [0, 0.05) is 4.47 Å². The maximum Gasteiger partial charge on any atom is 0.128 e. The molecule has 0 heterocycles. The van der Waals surface area contributed by atoms with Gasteiger partial charge in [-0.3, -0.25) is 0 Å². The predicted molar refractivity (Wildman–Crippen MR) is 88.4 cm³/mol. The van der Waals surface area contributed by atoms with Crippen molar-refractivity contribution in [2.24, 2.45) is 0 Å². The Kier molecular flexibility index (Phi) is 4.61. The first-order chi connectivity index (χ1) is 9.10. The minimum absolute atomic E-state index is 0.250. The summed E-state index contributed by atoms with van der Waals surface area (Å²) in [6.07, 6.45) is 1.81. The SMILES string of the molecule is N#C/C(=C/c1ccc(O)c(I)c1)c1ccc(Br)cc1. The Labute approximate surface area is 133 Å². The van der Waals surface area contributed by atoms with Gasteiger partial charge in [0.1, 0.15) is 5.75 Å². The van der Waals surface area contributed by atoms with Crippen molar-refractivity contribution in [3.8, 4) is 11.8 Å². The predicted octanol–water partition coefficient (Wildman–Crippen LogP) is 4.82. The molecule has 0 unspecified atom stereocenters. The summed E-state index contributed by atoms with van der Waals surface area (Å²) in [6.45, 7) is 0. The molecule has 19 heavy (non-hydrogen) atoms. The molecular formula is C15H9BrINO. The van der Waals surface area contributed by atoms with Gasteiger partial charge in [0.25, 0.3) is 0 Å². The Hall–Kier alpha value is -1.32. The van der Waals surface area contributed by atoms with Crippen molar-refractivity contribution in [1.82, 2.24) is 0 Å². The van der Waals surface area contributed by atoms with E-state index in [0.717, 1.165) is 19.2 Å². The summed E-state index contributed by atoms with van der Waals surface area (Å²) < 4.78 is 1.74. The molecule has 94 valence electrons. The molecule has 0 aliphatic carbocycles. The summed E-state index contributed by atoms with van der Waals surface area (Å²) in [5.41, 5.74) is 2.35. The molecule has 4 heteroatoms. The van der Waals surface area contributed by atoms with Gasteiger partial charge in [-0.15, -0.1) is 0 Å². The first-order valence-electron chi connectivity index (χ1n) is 5.46. The van der Waals surface area contributed by atoms with Gasteiger partial charge in [-0.2, -0.15) is 5.26 Å². The molecule has 2 nitrogen and oxygen atoms in total. The first kappa shape index (κ1) is 14.1. The number of halogens is 2. The minimum Gasteiger partial charge on any atom is -0.507 e. The van der Waals surface area contributed by atoms with Crippen LogP contribution in [0.1, 0.15) is 11.1 Å². The van der Waals surface area contributed by atoms with Crippen molar-refractivity contribution in [3.05, 3.63) is 61.6 Å². The fourth-order valence-electron chi connectivity index (χ4n) is 1.59. The highest BCUT2D eigenvalue weighted by molar-refractivity contribution is 14.1. The number of nitriles is 1. The second-order valence-corrected chi connectivity index (χ2v) is 5.97. The van der Waals surface area contributed by atoms with E-state index in [0.29, 0.717) is 5.57 Å². The minimum atomic E-state index is 0.250. The quantitative estimate of drug-likeness (QED) is 0.425. The van der Waals surface area contributed by atoms with Crippen molar-refractivity contribution < 1.29 is 5.11 Å². The summed E-state index contributed by atoms with van der Waals surface area (Å²) in [7, 11) is 0. The van der Waals surface area contributed by atoms with Crippen LogP contribution in [0.25, 0.3) is 11.6 Å². The van der Waals surface area contributed by atoms with Crippen molar-refractivity contribution in [2.45, 2.75) is 0 Å². The molecule has 0 spiro atoms. The average Bonchev–Trinajstić information content (AvgIpc) is 2.41. The van der Waals surface area contributed by atoms with E-state index in [2.05, 4.69) is 44.6 Å². The number of rotatable bonds is 2. The van der Waals surface area contributed by atoms with Gasteiger partial charge in [-0.1, -0.05) is 34.1 Å². The van der Waals surface area contributed by atoms with Crippen LogP contribution in [0.3, 0.4) is 0 Å². The molecular weight excluding hydrogens is 417 g/mol. The number of aromatic hydroxyl groups is 1. The lowest BCUT2D eigenvalue weighted by Gasteiger charge is -2.02. The Morgan fingerprint density at radius 2 is 1.89 bits per heavy atom. The number of phenols is 1. The van der Waals surface area contributed by atoms with E-state index >= 15 is 0 Å². The number of hydrogen-bond donors (Lipinski definition) is 1. The Balaban J connectivity index is 2.41. The first-order valence-corrected chi connectivity index (χ1v) is 7.33. The summed E-state index contributed by atoms with van der Waals surface area (Å²) in [5.74, 6) is 0.250. The maximum atomic E-state index is 9.48. The van der Waals surface area contributed by atoms with Crippen molar-refractivity contribution in [2.75, 3.05) is 0 Å². The van der Waals surface area contributed by atoms with Gasteiger partial charge in [0.2, 0.25) is 0 Å². The van der Waals surface area contributed by atoms with Crippen molar-refractivity contribution >= 4 is 50.2 Å². The third-order valence-corrected chi connectivity index (χ3v) is 3.95. The lowest BCUT2D eigenvalue weighted by Crippen LogP contribution is -1.83. The van der Waals surface area contributed by atoms with Gasteiger partial charge in [0.05, 0.1) is 15.2 Å².